The van der Waals surface area contributed by atoms with Crippen LogP contribution in [0.3, 0.4) is 0 Å². The van der Waals surface area contributed by atoms with Crippen LogP contribution in [0.5, 0.6) is 0 Å². The Hall–Kier alpha value is -0.280. The largest absolute Gasteiger partial charge is 0.396 e. The summed E-state index contributed by atoms with van der Waals surface area (Å²) in [5.74, 6) is 2.83. The van der Waals surface area contributed by atoms with Crippen molar-refractivity contribution < 1.29 is 19.3 Å². The lowest BCUT2D eigenvalue weighted by atomic mass is 9.48. The van der Waals surface area contributed by atoms with E-state index in [1.165, 1.54) is 25.7 Å². The number of nitrogens with two attached hydrogens (primary N) is 3. The smallest absolute Gasteiger partial charge is 0.0637 e. The maximum atomic E-state index is 9.61. The molecule has 3 aliphatic rings. The van der Waals surface area contributed by atoms with Crippen LogP contribution >= 0.6 is 0 Å². The molecule has 0 aromatic carbocycles. The van der Waals surface area contributed by atoms with Crippen molar-refractivity contribution in [3.8, 4) is 0 Å². The van der Waals surface area contributed by atoms with Gasteiger partial charge in [0.25, 0.3) is 0 Å². The van der Waals surface area contributed by atoms with Gasteiger partial charge in [-0.3, -0.25) is 0 Å². The molecular weight excluding hydrogens is 514 g/mol. The third-order valence-electron chi connectivity index (χ3n) is 11.8. The van der Waals surface area contributed by atoms with Crippen molar-refractivity contribution in [2.75, 3.05) is 46.1 Å². The predicted molar refractivity (Wildman–Crippen MR) is 169 cm³/mol. The average Bonchev–Trinajstić information content (AvgIpc) is 3.33. The SMILES string of the molecule is CCC(OCCCN)C1[C@@H](C2(C)CCC(OCCCN)CC2)C[C@H](OCCCN)C2(C)C([C@H](C)CCCO)CC[C@@H]12. The fraction of sp³-hybridized carbons (Fsp3) is 1.00. The Bertz CT molecular complexity index is 718. The van der Waals surface area contributed by atoms with Gasteiger partial charge in [0.2, 0.25) is 0 Å². The van der Waals surface area contributed by atoms with Gasteiger partial charge in [0.05, 0.1) is 18.3 Å². The monoisotopic (exact) mass is 582 g/mol. The molecule has 0 bridgehead atoms. The minimum absolute atomic E-state index is 0.105. The minimum atomic E-state index is 0.105. The predicted octanol–water partition coefficient (Wildman–Crippen LogP) is 5.26. The van der Waals surface area contributed by atoms with Gasteiger partial charge in [-0.15, -0.1) is 0 Å². The molecule has 3 saturated carbocycles. The number of hydrogen-bond donors (Lipinski definition) is 4. The van der Waals surface area contributed by atoms with Crippen LogP contribution in [0.25, 0.3) is 0 Å². The summed E-state index contributed by atoms with van der Waals surface area (Å²) in [5.41, 5.74) is 17.9. The molecular formula is C34H67N3O4. The Balaban J connectivity index is 1.94. The standard InChI is InChI=1S/C34H67N3O4/c1-5-30(40-22-8-18-36)32-28-12-11-27(25(2)10-6-20-38)34(28,4)31(41-23-9-19-37)24-29(32)33(3)15-13-26(14-16-33)39-21-7-17-35/h25-32,38H,5-24,35-37H2,1-4H3/t25-,26?,27?,28+,29+,30?,31+,32?,33?,34?/m1/s1. The highest BCUT2D eigenvalue weighted by molar-refractivity contribution is 5.12. The molecule has 0 spiro atoms. The van der Waals surface area contributed by atoms with Crippen LogP contribution in [-0.4, -0.2) is 69.5 Å². The summed E-state index contributed by atoms with van der Waals surface area (Å²) in [6.45, 7) is 14.5. The summed E-state index contributed by atoms with van der Waals surface area (Å²) in [4.78, 5) is 0. The Morgan fingerprint density at radius 2 is 1.46 bits per heavy atom. The number of ether oxygens (including phenoxy) is 3. The number of aliphatic hydroxyl groups excluding tert-OH is 1. The van der Waals surface area contributed by atoms with E-state index in [-0.39, 0.29) is 29.6 Å². The Labute approximate surface area is 252 Å². The lowest BCUT2D eigenvalue weighted by molar-refractivity contribution is -0.192. The molecule has 0 aromatic rings. The van der Waals surface area contributed by atoms with Crippen molar-refractivity contribution in [3.05, 3.63) is 0 Å². The van der Waals surface area contributed by atoms with Gasteiger partial charge in [0.1, 0.15) is 0 Å². The Morgan fingerprint density at radius 1 is 0.829 bits per heavy atom. The van der Waals surface area contributed by atoms with E-state index < -0.39 is 0 Å². The van der Waals surface area contributed by atoms with Gasteiger partial charge in [-0.25, -0.2) is 0 Å². The Kier molecular flexibility index (Phi) is 14.8. The quantitative estimate of drug-likeness (QED) is 0.153. The second-order valence-corrected chi connectivity index (χ2v) is 14.2. The van der Waals surface area contributed by atoms with Gasteiger partial charge in [-0.2, -0.15) is 0 Å². The van der Waals surface area contributed by atoms with Crippen molar-refractivity contribution in [1.82, 2.24) is 0 Å². The summed E-state index contributed by atoms with van der Waals surface area (Å²) in [7, 11) is 0. The second-order valence-electron chi connectivity index (χ2n) is 14.2. The zero-order chi connectivity index (χ0) is 29.9. The molecule has 8 atom stereocenters. The topological polar surface area (TPSA) is 126 Å². The van der Waals surface area contributed by atoms with Crippen LogP contribution in [0, 0.1) is 40.4 Å². The summed E-state index contributed by atoms with van der Waals surface area (Å²) >= 11 is 0. The zero-order valence-corrected chi connectivity index (χ0v) is 27.2. The van der Waals surface area contributed by atoms with Crippen molar-refractivity contribution in [3.63, 3.8) is 0 Å². The normalized spacial score (nSPS) is 37.2. The van der Waals surface area contributed by atoms with E-state index in [1.807, 2.05) is 0 Å². The van der Waals surface area contributed by atoms with Crippen LogP contribution in [0.15, 0.2) is 0 Å². The molecule has 3 rings (SSSR count). The first kappa shape index (κ1) is 35.2. The Morgan fingerprint density at radius 3 is 2.07 bits per heavy atom. The maximum absolute atomic E-state index is 9.61. The fourth-order valence-electron chi connectivity index (χ4n) is 9.54. The van der Waals surface area contributed by atoms with Gasteiger partial charge in [-0.05, 0) is 138 Å². The fourth-order valence-corrected chi connectivity index (χ4v) is 9.54. The van der Waals surface area contributed by atoms with Crippen molar-refractivity contribution in [2.24, 2.45) is 57.6 Å². The molecule has 41 heavy (non-hydrogen) atoms. The van der Waals surface area contributed by atoms with E-state index in [2.05, 4.69) is 27.7 Å². The number of fused-ring (bicyclic) bond motifs is 1. The maximum Gasteiger partial charge on any atom is 0.0637 e. The van der Waals surface area contributed by atoms with Crippen LogP contribution in [0.1, 0.15) is 111 Å². The molecule has 0 aliphatic heterocycles. The lowest BCUT2D eigenvalue weighted by Gasteiger charge is -2.60. The second kappa shape index (κ2) is 17.3. The van der Waals surface area contributed by atoms with Crippen LogP contribution < -0.4 is 17.2 Å². The highest BCUT2D eigenvalue weighted by atomic mass is 16.5. The molecule has 7 heteroatoms. The summed E-state index contributed by atoms with van der Waals surface area (Å²) in [6.07, 6.45) is 14.9. The summed E-state index contributed by atoms with van der Waals surface area (Å²) < 4.78 is 19.9. The minimum Gasteiger partial charge on any atom is -0.396 e. The molecule has 0 saturated heterocycles. The summed E-state index contributed by atoms with van der Waals surface area (Å²) in [5, 5.41) is 9.61. The van der Waals surface area contributed by atoms with Gasteiger partial charge in [0, 0.05) is 31.8 Å². The van der Waals surface area contributed by atoms with Crippen molar-refractivity contribution in [2.45, 2.75) is 129 Å². The van der Waals surface area contributed by atoms with Gasteiger partial charge >= 0.3 is 0 Å². The van der Waals surface area contributed by atoms with Gasteiger partial charge in [-0.1, -0.05) is 27.7 Å². The first-order chi connectivity index (χ1) is 19.8. The highest BCUT2D eigenvalue weighted by Crippen LogP contribution is 2.66. The molecule has 4 unspecified atom stereocenters. The number of aliphatic hydroxyl groups is 1. The average molecular weight is 582 g/mol. The lowest BCUT2D eigenvalue weighted by Crippen LogP contribution is -2.59. The van der Waals surface area contributed by atoms with E-state index in [9.17, 15) is 5.11 Å². The van der Waals surface area contributed by atoms with Crippen LogP contribution in [-0.2, 0) is 14.2 Å². The third-order valence-corrected chi connectivity index (χ3v) is 11.8. The molecule has 3 fully saturated rings. The van der Waals surface area contributed by atoms with Gasteiger partial charge < -0.3 is 36.5 Å². The number of rotatable bonds is 19. The molecule has 242 valence electrons. The van der Waals surface area contributed by atoms with Gasteiger partial charge in [0.15, 0.2) is 0 Å². The van der Waals surface area contributed by atoms with E-state index in [4.69, 9.17) is 31.4 Å². The molecule has 7 nitrogen and oxygen atoms in total. The molecule has 0 amide bonds. The first-order valence-electron chi connectivity index (χ1n) is 17.4. The summed E-state index contributed by atoms with van der Waals surface area (Å²) in [6, 6.07) is 0. The molecule has 0 aromatic heterocycles. The van der Waals surface area contributed by atoms with E-state index >= 15 is 0 Å². The van der Waals surface area contributed by atoms with Crippen LogP contribution in [0.2, 0.25) is 0 Å². The molecule has 3 aliphatic carbocycles. The van der Waals surface area contributed by atoms with E-state index in [0.29, 0.717) is 55.3 Å². The van der Waals surface area contributed by atoms with Crippen LogP contribution in [0.4, 0.5) is 0 Å². The van der Waals surface area contributed by atoms with E-state index in [1.54, 1.807) is 0 Å². The van der Waals surface area contributed by atoms with E-state index in [0.717, 1.165) is 77.6 Å². The zero-order valence-electron chi connectivity index (χ0n) is 27.2. The number of hydrogen-bond acceptors (Lipinski definition) is 7. The third kappa shape index (κ3) is 8.46. The molecule has 7 N–H and O–H groups in total. The molecule has 0 radical (unpaired) electrons. The van der Waals surface area contributed by atoms with Crippen molar-refractivity contribution >= 4 is 0 Å². The molecule has 0 heterocycles. The highest BCUT2D eigenvalue weighted by Gasteiger charge is 2.63. The first-order valence-corrected chi connectivity index (χ1v) is 17.4. The van der Waals surface area contributed by atoms with Crippen molar-refractivity contribution in [1.29, 1.82) is 0 Å².